The molecule has 1 aliphatic heterocycles. The highest BCUT2D eigenvalue weighted by atomic mass is 32.1. The molecule has 0 spiro atoms. The number of aryl methyl sites for hydroxylation is 2. The van der Waals surface area contributed by atoms with Crippen molar-refractivity contribution in [1.82, 2.24) is 29.5 Å². The van der Waals surface area contributed by atoms with Crippen molar-refractivity contribution >= 4 is 34.0 Å². The van der Waals surface area contributed by atoms with Crippen LogP contribution in [-0.4, -0.2) is 68.1 Å². The van der Waals surface area contributed by atoms with Crippen LogP contribution in [-0.2, 0) is 0 Å². The maximum Gasteiger partial charge on any atom is 0.266 e. The van der Waals surface area contributed by atoms with Crippen molar-refractivity contribution in [2.24, 2.45) is 0 Å². The lowest BCUT2D eigenvalue weighted by molar-refractivity contribution is 0.0750. The maximum absolute atomic E-state index is 12.9. The number of thiazole rings is 1. The summed E-state index contributed by atoms with van der Waals surface area (Å²) in [7, 11) is 0. The van der Waals surface area contributed by atoms with Crippen molar-refractivity contribution in [3.05, 3.63) is 28.7 Å². The van der Waals surface area contributed by atoms with Gasteiger partial charge in [0.1, 0.15) is 17.0 Å². The number of rotatable bonds is 4. The molecule has 1 fully saturated rings. The van der Waals surface area contributed by atoms with Gasteiger partial charge in [-0.15, -0.1) is 0 Å². The molecule has 0 radical (unpaired) electrons. The smallest absolute Gasteiger partial charge is 0.266 e. The second-order valence-electron chi connectivity index (χ2n) is 6.47. The molecule has 27 heavy (non-hydrogen) atoms. The Morgan fingerprint density at radius 2 is 2.00 bits per heavy atom. The highest BCUT2D eigenvalue weighted by Crippen LogP contribution is 2.25. The summed E-state index contributed by atoms with van der Waals surface area (Å²) in [5.74, 6) is 1.62. The Morgan fingerprint density at radius 1 is 1.22 bits per heavy atom. The fraction of sp³-hybridized carbons (Fsp3) is 0.471. The van der Waals surface area contributed by atoms with Gasteiger partial charge >= 0.3 is 0 Å². The number of piperazine rings is 1. The van der Waals surface area contributed by atoms with Gasteiger partial charge < -0.3 is 15.1 Å². The zero-order valence-corrected chi connectivity index (χ0v) is 16.5. The Morgan fingerprint density at radius 3 is 2.74 bits per heavy atom. The monoisotopic (exact) mass is 386 g/mol. The van der Waals surface area contributed by atoms with Crippen molar-refractivity contribution in [1.29, 1.82) is 0 Å². The Bertz CT molecular complexity index is 973. The van der Waals surface area contributed by atoms with Crippen LogP contribution in [0.25, 0.3) is 5.78 Å². The number of carbonyl (C=O) groups is 1. The number of carbonyl (C=O) groups excluding carboxylic acids is 1. The summed E-state index contributed by atoms with van der Waals surface area (Å²) in [6, 6.07) is 2.01. The number of hydrogen-bond donors (Lipinski definition) is 1. The van der Waals surface area contributed by atoms with Crippen LogP contribution < -0.4 is 10.2 Å². The summed E-state index contributed by atoms with van der Waals surface area (Å²) < 4.78 is 1.75. The van der Waals surface area contributed by atoms with Crippen molar-refractivity contribution in [2.75, 3.05) is 42.9 Å². The first-order chi connectivity index (χ1) is 13.1. The van der Waals surface area contributed by atoms with E-state index in [9.17, 15) is 4.79 Å². The van der Waals surface area contributed by atoms with Crippen molar-refractivity contribution < 1.29 is 4.79 Å². The molecule has 4 rings (SSSR count). The number of hydrogen-bond acceptors (Lipinski definition) is 8. The van der Waals surface area contributed by atoms with Gasteiger partial charge in [0.25, 0.3) is 11.7 Å². The molecule has 1 aliphatic rings. The first-order valence-corrected chi connectivity index (χ1v) is 9.81. The molecule has 3 aromatic rings. The Kier molecular flexibility index (Phi) is 4.65. The normalized spacial score (nSPS) is 14.8. The molecule has 1 N–H and O–H groups in total. The van der Waals surface area contributed by atoms with Crippen LogP contribution in [0.3, 0.4) is 0 Å². The minimum Gasteiger partial charge on any atom is -0.362 e. The minimum absolute atomic E-state index is 0.0608. The average Bonchev–Trinajstić information content (AvgIpc) is 3.27. The number of aromatic nitrogens is 5. The van der Waals surface area contributed by atoms with Gasteiger partial charge in [-0.25, -0.2) is 9.97 Å². The molecule has 0 aliphatic carbocycles. The number of nitrogens with zero attached hydrogens (tertiary/aromatic N) is 7. The third-order valence-electron chi connectivity index (χ3n) is 4.57. The van der Waals surface area contributed by atoms with Crippen LogP contribution in [0.15, 0.2) is 12.4 Å². The zero-order chi connectivity index (χ0) is 19.0. The highest BCUT2D eigenvalue weighted by molar-refractivity contribution is 7.17. The predicted octanol–water partition coefficient (Wildman–Crippen LogP) is 1.59. The van der Waals surface area contributed by atoms with Gasteiger partial charge in [0.05, 0.1) is 5.69 Å². The van der Waals surface area contributed by atoms with Crippen LogP contribution in [0.5, 0.6) is 0 Å². The Labute approximate surface area is 161 Å². The van der Waals surface area contributed by atoms with Crippen molar-refractivity contribution in [2.45, 2.75) is 20.8 Å². The molecule has 0 aromatic carbocycles. The summed E-state index contributed by atoms with van der Waals surface area (Å²) in [5, 5.41) is 8.26. The fourth-order valence-corrected chi connectivity index (χ4v) is 4.24. The summed E-state index contributed by atoms with van der Waals surface area (Å²) in [4.78, 5) is 30.8. The second-order valence-corrected chi connectivity index (χ2v) is 7.47. The third-order valence-corrected chi connectivity index (χ3v) is 5.67. The average molecular weight is 386 g/mol. The van der Waals surface area contributed by atoms with E-state index >= 15 is 0 Å². The SMILES string of the molecule is CCNc1nc(C)c(C(=O)N2CCN(c3cc(C)nc4ncnn34)CC2)s1. The summed E-state index contributed by atoms with van der Waals surface area (Å²) in [5.41, 5.74) is 1.69. The van der Waals surface area contributed by atoms with Gasteiger partial charge in [-0.3, -0.25) is 4.79 Å². The minimum atomic E-state index is 0.0608. The van der Waals surface area contributed by atoms with Crippen LogP contribution in [0, 0.1) is 13.8 Å². The molecule has 0 saturated carbocycles. The molecule has 10 heteroatoms. The number of fused-ring (bicyclic) bond motifs is 1. The molecule has 0 atom stereocenters. The molecule has 4 heterocycles. The quantitative estimate of drug-likeness (QED) is 0.728. The van der Waals surface area contributed by atoms with Crippen LogP contribution >= 0.6 is 11.3 Å². The second kappa shape index (κ2) is 7.10. The summed E-state index contributed by atoms with van der Waals surface area (Å²) >= 11 is 1.43. The van der Waals surface area contributed by atoms with E-state index in [1.165, 1.54) is 17.7 Å². The van der Waals surface area contributed by atoms with Gasteiger partial charge in [0.15, 0.2) is 5.13 Å². The molecule has 1 saturated heterocycles. The predicted molar refractivity (Wildman–Crippen MR) is 105 cm³/mol. The molecule has 1 amide bonds. The van der Waals surface area contributed by atoms with Crippen molar-refractivity contribution in [3.8, 4) is 0 Å². The van der Waals surface area contributed by atoms with E-state index in [0.29, 0.717) is 18.9 Å². The molecular weight excluding hydrogens is 364 g/mol. The standard InChI is InChI=1S/C17H22N8OS/c1-4-18-17-22-12(3)14(27-17)15(26)24-7-5-23(6-8-24)13-9-11(2)21-16-19-10-20-25(13)16/h9-10H,4-8H2,1-3H3,(H,18,22). The molecule has 0 bridgehead atoms. The van der Waals surface area contributed by atoms with Gasteiger partial charge in [-0.05, 0) is 20.8 Å². The first kappa shape index (κ1) is 17.7. The topological polar surface area (TPSA) is 91.5 Å². The third kappa shape index (κ3) is 3.32. The van der Waals surface area contributed by atoms with Crippen LogP contribution in [0.4, 0.5) is 10.9 Å². The van der Waals surface area contributed by atoms with E-state index in [-0.39, 0.29) is 5.91 Å². The van der Waals surface area contributed by atoms with Gasteiger partial charge in [0, 0.05) is 44.5 Å². The molecule has 9 nitrogen and oxygen atoms in total. The van der Waals surface area contributed by atoms with E-state index in [4.69, 9.17) is 0 Å². The zero-order valence-electron chi connectivity index (χ0n) is 15.6. The molecule has 142 valence electrons. The molecule has 3 aromatic heterocycles. The number of nitrogens with one attached hydrogen (secondary N) is 1. The molecule has 0 unspecified atom stereocenters. The highest BCUT2D eigenvalue weighted by Gasteiger charge is 2.26. The summed E-state index contributed by atoms with van der Waals surface area (Å²) in [6.45, 7) is 9.44. The van der Waals surface area contributed by atoms with E-state index < -0.39 is 0 Å². The molecular formula is C17H22N8OS. The van der Waals surface area contributed by atoms with E-state index in [2.05, 4.69) is 30.3 Å². The van der Waals surface area contributed by atoms with Crippen molar-refractivity contribution in [3.63, 3.8) is 0 Å². The van der Waals surface area contributed by atoms with Crippen LogP contribution in [0.1, 0.15) is 28.0 Å². The van der Waals surface area contributed by atoms with E-state index in [1.54, 1.807) is 4.52 Å². The van der Waals surface area contributed by atoms with E-state index in [1.807, 2.05) is 31.7 Å². The Balaban J connectivity index is 1.48. The van der Waals surface area contributed by atoms with Gasteiger partial charge in [0.2, 0.25) is 0 Å². The fourth-order valence-electron chi connectivity index (χ4n) is 3.24. The lowest BCUT2D eigenvalue weighted by atomic mass is 10.2. The summed E-state index contributed by atoms with van der Waals surface area (Å²) in [6.07, 6.45) is 1.51. The number of amides is 1. The van der Waals surface area contributed by atoms with Gasteiger partial charge in [-0.2, -0.15) is 14.6 Å². The largest absolute Gasteiger partial charge is 0.362 e. The maximum atomic E-state index is 12.9. The lowest BCUT2D eigenvalue weighted by Crippen LogP contribution is -2.49. The number of anilines is 2. The van der Waals surface area contributed by atoms with E-state index in [0.717, 1.165) is 46.8 Å². The van der Waals surface area contributed by atoms with Crippen LogP contribution in [0.2, 0.25) is 0 Å². The van der Waals surface area contributed by atoms with Gasteiger partial charge in [-0.1, -0.05) is 11.3 Å². The lowest BCUT2D eigenvalue weighted by Gasteiger charge is -2.35. The Hall–Kier alpha value is -2.75. The first-order valence-electron chi connectivity index (χ1n) is 8.99.